The summed E-state index contributed by atoms with van der Waals surface area (Å²) in [4.78, 5) is 23.4. The zero-order chi connectivity index (χ0) is 23.0. The van der Waals surface area contributed by atoms with Crippen LogP contribution in [0.2, 0.25) is 5.02 Å². The van der Waals surface area contributed by atoms with E-state index in [9.17, 15) is 4.79 Å². The first-order valence-corrected chi connectivity index (χ1v) is 11.3. The smallest absolute Gasteiger partial charge is 0.229 e. The van der Waals surface area contributed by atoms with Crippen molar-refractivity contribution >= 4 is 40.6 Å². The van der Waals surface area contributed by atoms with E-state index >= 15 is 0 Å². The maximum Gasteiger partial charge on any atom is 0.229 e. The molecule has 0 saturated carbocycles. The molecule has 0 fully saturated rings. The molecule has 1 aliphatic heterocycles. The average molecular weight is 467 g/mol. The van der Waals surface area contributed by atoms with E-state index in [-0.39, 0.29) is 5.91 Å². The number of fused-ring (bicyclic) bond motifs is 5. The largest absolute Gasteiger partial charge is 0.490 e. The average Bonchev–Trinajstić information content (AvgIpc) is 2.80. The van der Waals surface area contributed by atoms with Gasteiger partial charge in [-0.1, -0.05) is 30.7 Å². The number of halogens is 1. The van der Waals surface area contributed by atoms with Gasteiger partial charge in [0.05, 0.1) is 12.2 Å². The summed E-state index contributed by atoms with van der Waals surface area (Å²) in [7, 11) is 0. The lowest BCUT2D eigenvalue weighted by Crippen LogP contribution is -2.32. The van der Waals surface area contributed by atoms with E-state index in [2.05, 4.69) is 49.9 Å². The molecule has 1 aliphatic rings. The summed E-state index contributed by atoms with van der Waals surface area (Å²) in [5.74, 6) is 1.67. The Hall–Kier alpha value is -3.36. The topological polar surface area (TPSA) is 91.4 Å². The number of carbonyl (C=O) groups is 1. The van der Waals surface area contributed by atoms with Crippen molar-refractivity contribution < 1.29 is 9.53 Å². The number of nitrogens with zero attached hydrogens (tertiary/aromatic N) is 3. The highest BCUT2D eigenvalue weighted by Crippen LogP contribution is 2.30. The van der Waals surface area contributed by atoms with E-state index in [0.29, 0.717) is 54.3 Å². The Morgan fingerprint density at radius 2 is 2.06 bits per heavy atom. The SMILES string of the molecule is CCN1CCC(=O)NCCOc2ccc(Cl)cc2Nc2nccc(n2)Nc2cccc(c2)C1. The molecule has 3 aromatic rings. The number of hydrogen-bond acceptors (Lipinski definition) is 7. The quantitative estimate of drug-likeness (QED) is 0.491. The Morgan fingerprint density at radius 1 is 1.15 bits per heavy atom. The molecule has 0 unspecified atom stereocenters. The number of benzene rings is 2. The second kappa shape index (κ2) is 11.0. The second-order valence-electron chi connectivity index (χ2n) is 7.67. The van der Waals surface area contributed by atoms with Crippen molar-refractivity contribution in [1.29, 1.82) is 0 Å². The third-order valence-corrected chi connectivity index (χ3v) is 5.47. The molecular weight excluding hydrogens is 440 g/mol. The monoisotopic (exact) mass is 466 g/mol. The molecule has 2 heterocycles. The van der Waals surface area contributed by atoms with E-state index in [0.717, 1.165) is 24.3 Å². The first-order valence-electron chi connectivity index (χ1n) is 11.0. The molecule has 33 heavy (non-hydrogen) atoms. The molecule has 0 atom stereocenters. The fraction of sp³-hybridized carbons (Fsp3) is 0.292. The Morgan fingerprint density at radius 3 is 2.94 bits per heavy atom. The Kier molecular flexibility index (Phi) is 7.59. The van der Waals surface area contributed by atoms with Crippen molar-refractivity contribution in [3.8, 4) is 5.75 Å². The van der Waals surface area contributed by atoms with Gasteiger partial charge in [0.25, 0.3) is 0 Å². The van der Waals surface area contributed by atoms with Gasteiger partial charge in [0.1, 0.15) is 18.2 Å². The van der Waals surface area contributed by atoms with Gasteiger partial charge in [-0.05, 0) is 48.5 Å². The number of hydrogen-bond donors (Lipinski definition) is 3. The van der Waals surface area contributed by atoms with Crippen LogP contribution in [0.4, 0.5) is 23.1 Å². The molecule has 3 N–H and O–H groups in total. The number of ether oxygens (including phenoxy) is 1. The number of amides is 1. The zero-order valence-electron chi connectivity index (χ0n) is 18.5. The predicted octanol–water partition coefficient (Wildman–Crippen LogP) is 4.34. The van der Waals surface area contributed by atoms with E-state index in [1.54, 1.807) is 24.4 Å². The normalized spacial score (nSPS) is 15.4. The molecular formula is C24H27ClN6O2. The number of carbonyl (C=O) groups excluding carboxylic acids is 1. The van der Waals surface area contributed by atoms with Gasteiger partial charge in [-0.15, -0.1) is 0 Å². The van der Waals surface area contributed by atoms with Crippen molar-refractivity contribution in [2.75, 3.05) is 36.9 Å². The van der Waals surface area contributed by atoms with Gasteiger partial charge in [0, 0.05) is 36.4 Å². The first-order chi connectivity index (χ1) is 16.1. The van der Waals surface area contributed by atoms with Crippen molar-refractivity contribution in [3.05, 3.63) is 65.3 Å². The van der Waals surface area contributed by atoms with Crippen molar-refractivity contribution in [3.63, 3.8) is 0 Å². The molecule has 0 spiro atoms. The minimum Gasteiger partial charge on any atom is -0.490 e. The number of anilines is 4. The molecule has 1 amide bonds. The third-order valence-electron chi connectivity index (χ3n) is 5.23. The van der Waals surface area contributed by atoms with Crippen LogP contribution in [0.3, 0.4) is 0 Å². The first kappa shape index (κ1) is 22.8. The highest BCUT2D eigenvalue weighted by atomic mass is 35.5. The minimum absolute atomic E-state index is 0.00395. The number of aromatic nitrogens is 2. The molecule has 0 aliphatic carbocycles. The lowest BCUT2D eigenvalue weighted by molar-refractivity contribution is -0.121. The fourth-order valence-electron chi connectivity index (χ4n) is 3.54. The summed E-state index contributed by atoms with van der Waals surface area (Å²) < 4.78 is 5.88. The molecule has 1 aromatic heterocycles. The van der Waals surface area contributed by atoms with Crippen molar-refractivity contribution in [2.45, 2.75) is 19.9 Å². The van der Waals surface area contributed by atoms with Gasteiger partial charge in [0.15, 0.2) is 0 Å². The van der Waals surface area contributed by atoms with Crippen molar-refractivity contribution in [1.82, 2.24) is 20.2 Å². The fourth-order valence-corrected chi connectivity index (χ4v) is 3.71. The number of rotatable bonds is 1. The Labute approximate surface area is 198 Å². The van der Waals surface area contributed by atoms with E-state index in [1.807, 2.05) is 18.2 Å². The summed E-state index contributed by atoms with van der Waals surface area (Å²) in [6.45, 7) is 5.13. The highest BCUT2D eigenvalue weighted by molar-refractivity contribution is 6.31. The van der Waals surface area contributed by atoms with Gasteiger partial charge in [0.2, 0.25) is 11.9 Å². The molecule has 0 saturated heterocycles. The van der Waals surface area contributed by atoms with Crippen LogP contribution >= 0.6 is 11.6 Å². The summed E-state index contributed by atoms with van der Waals surface area (Å²) in [6, 6.07) is 15.3. The summed E-state index contributed by atoms with van der Waals surface area (Å²) in [6.07, 6.45) is 2.12. The van der Waals surface area contributed by atoms with Crippen LogP contribution < -0.4 is 20.7 Å². The lowest BCUT2D eigenvalue weighted by atomic mass is 10.2. The van der Waals surface area contributed by atoms with Gasteiger partial charge in [-0.2, -0.15) is 4.98 Å². The van der Waals surface area contributed by atoms with Gasteiger partial charge in [-0.25, -0.2) is 4.98 Å². The van der Waals surface area contributed by atoms with Crippen LogP contribution in [-0.2, 0) is 11.3 Å². The number of nitrogens with one attached hydrogen (secondary N) is 3. The maximum absolute atomic E-state index is 12.3. The van der Waals surface area contributed by atoms with Gasteiger partial charge >= 0.3 is 0 Å². The third kappa shape index (κ3) is 6.57. The standard InChI is InChI=1S/C24H27ClN6O2/c1-2-31-12-9-23(32)26-11-13-33-21-7-6-18(25)15-20(21)29-24-27-10-8-22(30-24)28-19-5-3-4-17(14-19)16-31/h3-8,10,14-15H,2,9,11-13,16H2,1H3,(H,26,32)(H2,27,28,29,30). The van der Waals surface area contributed by atoms with Crippen LogP contribution in [-0.4, -0.2) is 47.0 Å². The van der Waals surface area contributed by atoms with Gasteiger partial charge in [-0.3, -0.25) is 9.69 Å². The molecule has 8 nitrogen and oxygen atoms in total. The predicted molar refractivity (Wildman–Crippen MR) is 131 cm³/mol. The lowest BCUT2D eigenvalue weighted by Gasteiger charge is -2.20. The highest BCUT2D eigenvalue weighted by Gasteiger charge is 2.11. The molecule has 9 heteroatoms. The summed E-state index contributed by atoms with van der Waals surface area (Å²) in [5, 5.41) is 10.0. The summed E-state index contributed by atoms with van der Waals surface area (Å²) in [5.41, 5.74) is 2.73. The molecule has 4 bridgehead atoms. The van der Waals surface area contributed by atoms with Crippen molar-refractivity contribution in [2.24, 2.45) is 0 Å². The van der Waals surface area contributed by atoms with Crippen LogP contribution in [0.5, 0.6) is 5.75 Å². The molecule has 4 rings (SSSR count). The molecule has 172 valence electrons. The van der Waals surface area contributed by atoms with Crippen LogP contribution in [0, 0.1) is 0 Å². The van der Waals surface area contributed by atoms with Crippen LogP contribution in [0.15, 0.2) is 54.7 Å². The van der Waals surface area contributed by atoms with Crippen LogP contribution in [0.25, 0.3) is 0 Å². The summed E-state index contributed by atoms with van der Waals surface area (Å²) >= 11 is 6.19. The van der Waals surface area contributed by atoms with Crippen LogP contribution in [0.1, 0.15) is 18.9 Å². The molecule has 0 radical (unpaired) electrons. The maximum atomic E-state index is 12.3. The minimum atomic E-state index is 0.00395. The van der Waals surface area contributed by atoms with E-state index < -0.39 is 0 Å². The van der Waals surface area contributed by atoms with E-state index in [4.69, 9.17) is 16.3 Å². The Bertz CT molecular complexity index is 1110. The zero-order valence-corrected chi connectivity index (χ0v) is 19.2. The Balaban J connectivity index is 1.62. The van der Waals surface area contributed by atoms with Gasteiger partial charge < -0.3 is 20.7 Å². The second-order valence-corrected chi connectivity index (χ2v) is 8.11. The molecule has 2 aromatic carbocycles. The van der Waals surface area contributed by atoms with E-state index in [1.165, 1.54) is 0 Å².